The highest BCUT2D eigenvalue weighted by molar-refractivity contribution is 5.34. The second-order valence-corrected chi connectivity index (χ2v) is 4.97. The zero-order chi connectivity index (χ0) is 13.8. The van der Waals surface area contributed by atoms with E-state index in [1.165, 1.54) is 17.7 Å². The molecule has 3 heteroatoms. The molecule has 2 aromatic rings. The molecule has 0 saturated heterocycles. The molecule has 0 saturated carbocycles. The van der Waals surface area contributed by atoms with Gasteiger partial charge in [0.2, 0.25) is 0 Å². The van der Waals surface area contributed by atoms with Crippen LogP contribution in [0.25, 0.3) is 0 Å². The Morgan fingerprint density at radius 2 is 1.26 bits per heavy atom. The van der Waals surface area contributed by atoms with E-state index in [0.717, 1.165) is 11.1 Å². The summed E-state index contributed by atoms with van der Waals surface area (Å²) in [7, 11) is 0. The molecule has 1 unspecified atom stereocenters. The van der Waals surface area contributed by atoms with Crippen molar-refractivity contribution in [2.75, 3.05) is 0 Å². The van der Waals surface area contributed by atoms with Gasteiger partial charge in [-0.15, -0.1) is 0 Å². The van der Waals surface area contributed by atoms with Gasteiger partial charge in [0.05, 0.1) is 6.04 Å². The minimum Gasteiger partial charge on any atom is -0.271 e. The molecule has 0 fully saturated rings. The molecule has 3 N–H and O–H groups in total. The Bertz CT molecular complexity index is 517. The molecule has 2 aromatic carbocycles. The van der Waals surface area contributed by atoms with Gasteiger partial charge < -0.3 is 0 Å². The summed E-state index contributed by atoms with van der Waals surface area (Å²) in [6.45, 7) is 4.32. The molecule has 0 aromatic heterocycles. The van der Waals surface area contributed by atoms with Gasteiger partial charge in [0.15, 0.2) is 0 Å². The first-order chi connectivity index (χ1) is 9.11. The maximum atomic E-state index is 12.9. The van der Waals surface area contributed by atoms with Crippen molar-refractivity contribution in [1.29, 1.82) is 0 Å². The smallest absolute Gasteiger partial charge is 0.123 e. The van der Waals surface area contributed by atoms with Crippen molar-refractivity contribution in [1.82, 2.24) is 5.43 Å². The van der Waals surface area contributed by atoms with Crippen molar-refractivity contribution < 1.29 is 4.39 Å². The number of hydrogen-bond donors (Lipinski definition) is 2. The number of halogens is 1. The second kappa shape index (κ2) is 5.95. The summed E-state index contributed by atoms with van der Waals surface area (Å²) >= 11 is 0. The van der Waals surface area contributed by atoms with E-state index in [9.17, 15) is 4.39 Å². The number of benzene rings is 2. The summed E-state index contributed by atoms with van der Waals surface area (Å²) in [4.78, 5) is 0. The summed E-state index contributed by atoms with van der Waals surface area (Å²) < 4.78 is 12.9. The van der Waals surface area contributed by atoms with Crippen LogP contribution in [0.2, 0.25) is 0 Å². The predicted octanol–water partition coefficient (Wildman–Crippen LogP) is 3.50. The third-order valence-electron chi connectivity index (χ3n) is 3.31. The molecule has 0 aliphatic rings. The Morgan fingerprint density at radius 3 is 1.68 bits per heavy atom. The summed E-state index contributed by atoms with van der Waals surface area (Å²) in [5.41, 5.74) is 6.08. The molecule has 0 spiro atoms. The van der Waals surface area contributed by atoms with E-state index in [4.69, 9.17) is 5.84 Å². The standard InChI is InChI=1S/C16H19FN2/c1-11(2)12-3-5-13(6-4-12)16(19-18)14-7-9-15(17)10-8-14/h3-11,16,19H,18H2,1-2H3. The normalized spacial score (nSPS) is 12.7. The SMILES string of the molecule is CC(C)c1ccc(C(NN)c2ccc(F)cc2)cc1. The highest BCUT2D eigenvalue weighted by Gasteiger charge is 2.12. The molecule has 0 radical (unpaired) electrons. The summed E-state index contributed by atoms with van der Waals surface area (Å²) in [5, 5.41) is 0. The second-order valence-electron chi connectivity index (χ2n) is 4.97. The molecule has 0 heterocycles. The molecule has 0 aliphatic carbocycles. The van der Waals surface area contributed by atoms with E-state index in [1.807, 2.05) is 0 Å². The Morgan fingerprint density at radius 1 is 0.842 bits per heavy atom. The molecule has 0 bridgehead atoms. The number of hydrazine groups is 1. The predicted molar refractivity (Wildman–Crippen MR) is 76.1 cm³/mol. The van der Waals surface area contributed by atoms with Gasteiger partial charge in [-0.2, -0.15) is 0 Å². The van der Waals surface area contributed by atoms with Crippen LogP contribution in [-0.2, 0) is 0 Å². The molecular formula is C16H19FN2. The van der Waals surface area contributed by atoms with Gasteiger partial charge in [0.1, 0.15) is 5.82 Å². The Balaban J connectivity index is 2.28. The molecule has 0 amide bonds. The fourth-order valence-electron chi connectivity index (χ4n) is 2.11. The van der Waals surface area contributed by atoms with E-state index in [0.29, 0.717) is 5.92 Å². The number of hydrogen-bond acceptors (Lipinski definition) is 2. The lowest BCUT2D eigenvalue weighted by atomic mass is 9.96. The van der Waals surface area contributed by atoms with Gasteiger partial charge in [-0.05, 0) is 34.7 Å². The Labute approximate surface area is 113 Å². The van der Waals surface area contributed by atoms with Crippen molar-refractivity contribution in [2.45, 2.75) is 25.8 Å². The zero-order valence-corrected chi connectivity index (χ0v) is 11.2. The van der Waals surface area contributed by atoms with Crippen molar-refractivity contribution in [2.24, 2.45) is 5.84 Å². The third-order valence-corrected chi connectivity index (χ3v) is 3.31. The number of rotatable bonds is 4. The molecule has 0 aliphatic heterocycles. The quantitative estimate of drug-likeness (QED) is 0.650. The van der Waals surface area contributed by atoms with Gasteiger partial charge >= 0.3 is 0 Å². The lowest BCUT2D eigenvalue weighted by Gasteiger charge is -2.17. The maximum absolute atomic E-state index is 12.9. The molecular weight excluding hydrogens is 239 g/mol. The Kier molecular flexibility index (Phi) is 4.30. The van der Waals surface area contributed by atoms with Crippen LogP contribution >= 0.6 is 0 Å². The summed E-state index contributed by atoms with van der Waals surface area (Å²) in [6, 6.07) is 14.6. The monoisotopic (exact) mass is 258 g/mol. The van der Waals surface area contributed by atoms with Gasteiger partial charge in [-0.25, -0.2) is 9.82 Å². The molecule has 2 nitrogen and oxygen atoms in total. The van der Waals surface area contributed by atoms with Crippen LogP contribution in [0.15, 0.2) is 48.5 Å². The summed E-state index contributed by atoms with van der Waals surface area (Å²) in [5.74, 6) is 5.89. The minimum absolute atomic E-state index is 0.123. The van der Waals surface area contributed by atoms with Crippen LogP contribution in [0, 0.1) is 5.82 Å². The van der Waals surface area contributed by atoms with Gasteiger partial charge in [-0.3, -0.25) is 5.84 Å². The zero-order valence-electron chi connectivity index (χ0n) is 11.2. The van der Waals surface area contributed by atoms with Crippen molar-refractivity contribution in [3.05, 3.63) is 71.0 Å². The van der Waals surface area contributed by atoms with Crippen molar-refractivity contribution in [3.63, 3.8) is 0 Å². The van der Waals surface area contributed by atoms with Crippen molar-refractivity contribution in [3.8, 4) is 0 Å². The van der Waals surface area contributed by atoms with Gasteiger partial charge in [-0.1, -0.05) is 50.2 Å². The van der Waals surface area contributed by atoms with Crippen LogP contribution in [-0.4, -0.2) is 0 Å². The van der Waals surface area contributed by atoms with Crippen LogP contribution < -0.4 is 11.3 Å². The highest BCUT2D eigenvalue weighted by Crippen LogP contribution is 2.23. The van der Waals surface area contributed by atoms with E-state index in [-0.39, 0.29) is 11.9 Å². The van der Waals surface area contributed by atoms with E-state index in [2.05, 4.69) is 43.5 Å². The molecule has 1 atom stereocenters. The van der Waals surface area contributed by atoms with Crippen LogP contribution in [0.4, 0.5) is 4.39 Å². The fraction of sp³-hybridized carbons (Fsp3) is 0.250. The molecule has 100 valence electrons. The van der Waals surface area contributed by atoms with E-state index >= 15 is 0 Å². The first-order valence-corrected chi connectivity index (χ1v) is 6.43. The fourth-order valence-corrected chi connectivity index (χ4v) is 2.11. The number of nitrogens with one attached hydrogen (secondary N) is 1. The van der Waals surface area contributed by atoms with Gasteiger partial charge in [0.25, 0.3) is 0 Å². The van der Waals surface area contributed by atoms with Crippen LogP contribution in [0.1, 0.15) is 42.5 Å². The average molecular weight is 258 g/mol. The first-order valence-electron chi connectivity index (χ1n) is 6.43. The highest BCUT2D eigenvalue weighted by atomic mass is 19.1. The topological polar surface area (TPSA) is 38.0 Å². The van der Waals surface area contributed by atoms with Crippen molar-refractivity contribution >= 4 is 0 Å². The minimum atomic E-state index is -0.241. The van der Waals surface area contributed by atoms with Crippen LogP contribution in [0.3, 0.4) is 0 Å². The summed E-state index contributed by atoms with van der Waals surface area (Å²) in [6.07, 6.45) is 0. The van der Waals surface area contributed by atoms with Gasteiger partial charge in [0, 0.05) is 0 Å². The molecule has 2 rings (SSSR count). The lowest BCUT2D eigenvalue weighted by molar-refractivity contribution is 0.615. The Hall–Kier alpha value is -1.71. The largest absolute Gasteiger partial charge is 0.271 e. The third kappa shape index (κ3) is 3.19. The average Bonchev–Trinajstić information content (AvgIpc) is 2.42. The molecule has 19 heavy (non-hydrogen) atoms. The number of nitrogens with two attached hydrogens (primary N) is 1. The first kappa shape index (κ1) is 13.7. The lowest BCUT2D eigenvalue weighted by Crippen LogP contribution is -2.28. The van der Waals surface area contributed by atoms with E-state index < -0.39 is 0 Å². The van der Waals surface area contributed by atoms with Crippen LogP contribution in [0.5, 0.6) is 0 Å². The van der Waals surface area contributed by atoms with E-state index in [1.54, 1.807) is 12.1 Å². The maximum Gasteiger partial charge on any atom is 0.123 e.